The topological polar surface area (TPSA) is 91.6 Å². The maximum atomic E-state index is 12.1. The fourth-order valence-corrected chi connectivity index (χ4v) is 2.52. The lowest BCUT2D eigenvalue weighted by molar-refractivity contribution is 0.104. The van der Waals surface area contributed by atoms with Crippen LogP contribution < -0.4 is 5.32 Å². The fraction of sp³-hybridized carbons (Fsp3) is 0.154. The Labute approximate surface area is 130 Å². The van der Waals surface area contributed by atoms with Crippen molar-refractivity contribution in [1.82, 2.24) is 15.0 Å². The summed E-state index contributed by atoms with van der Waals surface area (Å²) in [5.41, 5.74) is 0.00113. The van der Waals surface area contributed by atoms with Crippen molar-refractivity contribution in [2.75, 3.05) is 11.6 Å². The van der Waals surface area contributed by atoms with Gasteiger partial charge in [0.25, 0.3) is 0 Å². The number of thiophene rings is 1. The molecular formula is C13H11N5OS2. The zero-order valence-electron chi connectivity index (χ0n) is 11.3. The van der Waals surface area contributed by atoms with Crippen molar-refractivity contribution in [3.8, 4) is 6.07 Å². The van der Waals surface area contributed by atoms with E-state index in [9.17, 15) is 4.79 Å². The van der Waals surface area contributed by atoms with Crippen molar-refractivity contribution >= 4 is 34.8 Å². The van der Waals surface area contributed by atoms with E-state index in [2.05, 4.69) is 20.3 Å². The summed E-state index contributed by atoms with van der Waals surface area (Å²) in [6, 6.07) is 5.32. The molecule has 0 bridgehead atoms. The Morgan fingerprint density at radius 1 is 1.48 bits per heavy atom. The number of anilines is 1. The van der Waals surface area contributed by atoms with E-state index in [1.54, 1.807) is 24.4 Å². The van der Waals surface area contributed by atoms with Crippen molar-refractivity contribution < 1.29 is 4.79 Å². The summed E-state index contributed by atoms with van der Waals surface area (Å²) in [5, 5.41) is 14.2. The van der Waals surface area contributed by atoms with Gasteiger partial charge in [0, 0.05) is 6.20 Å². The first kappa shape index (κ1) is 15.2. The quantitative estimate of drug-likeness (QED) is 0.392. The smallest absolute Gasteiger partial charge is 0.231 e. The van der Waals surface area contributed by atoms with Gasteiger partial charge in [-0.15, -0.1) is 11.3 Å². The number of ketones is 1. The average Bonchev–Trinajstić information content (AvgIpc) is 3.01. The van der Waals surface area contributed by atoms with Crippen LogP contribution in [0.3, 0.4) is 0 Å². The van der Waals surface area contributed by atoms with Gasteiger partial charge in [0.15, 0.2) is 5.16 Å². The number of hydrogen-bond donors (Lipinski definition) is 1. The lowest BCUT2D eigenvalue weighted by Gasteiger charge is -2.03. The average molecular weight is 317 g/mol. The van der Waals surface area contributed by atoms with Crippen molar-refractivity contribution in [1.29, 1.82) is 5.26 Å². The van der Waals surface area contributed by atoms with Gasteiger partial charge in [0.1, 0.15) is 17.5 Å². The van der Waals surface area contributed by atoms with Crippen LogP contribution in [-0.2, 0) is 0 Å². The van der Waals surface area contributed by atoms with E-state index in [4.69, 9.17) is 5.26 Å². The van der Waals surface area contributed by atoms with Crippen LogP contribution >= 0.6 is 23.1 Å². The standard InChI is InChI=1S/C13H11N5OS2/c1-8-16-12(18-13(17-8)20-2)15-7-9(6-14)11(19)10-4-3-5-21-10/h3-5,7H,1-2H3,(H,15,16,17,18)/b9-7-. The molecule has 0 aliphatic rings. The Morgan fingerprint density at radius 3 is 2.90 bits per heavy atom. The highest BCUT2D eigenvalue weighted by molar-refractivity contribution is 7.98. The first-order valence-corrected chi connectivity index (χ1v) is 7.96. The van der Waals surface area contributed by atoms with E-state index in [-0.39, 0.29) is 11.4 Å². The Morgan fingerprint density at radius 2 is 2.29 bits per heavy atom. The number of nitrogens with one attached hydrogen (secondary N) is 1. The van der Waals surface area contributed by atoms with Crippen LogP contribution in [0.25, 0.3) is 0 Å². The van der Waals surface area contributed by atoms with Gasteiger partial charge >= 0.3 is 0 Å². The van der Waals surface area contributed by atoms with Crippen LogP contribution in [0.15, 0.2) is 34.4 Å². The molecule has 2 heterocycles. The van der Waals surface area contributed by atoms with Gasteiger partial charge in [-0.25, -0.2) is 4.98 Å². The lowest BCUT2D eigenvalue weighted by Crippen LogP contribution is -2.05. The van der Waals surface area contributed by atoms with Crippen molar-refractivity contribution in [3.63, 3.8) is 0 Å². The summed E-state index contributed by atoms with van der Waals surface area (Å²) in [6.45, 7) is 1.75. The monoisotopic (exact) mass is 317 g/mol. The van der Waals surface area contributed by atoms with Crippen LogP contribution in [0.4, 0.5) is 5.95 Å². The van der Waals surface area contributed by atoms with Crippen LogP contribution in [0.5, 0.6) is 0 Å². The molecule has 2 aromatic rings. The van der Waals surface area contributed by atoms with Crippen molar-refractivity contribution in [3.05, 3.63) is 40.0 Å². The molecule has 0 saturated heterocycles. The molecule has 2 aromatic heterocycles. The molecule has 0 spiro atoms. The SMILES string of the molecule is CSc1nc(C)nc(N/C=C(/C#N)C(=O)c2cccs2)n1. The molecule has 0 radical (unpaired) electrons. The number of nitrogens with zero attached hydrogens (tertiary/aromatic N) is 4. The van der Waals surface area contributed by atoms with Crippen LogP contribution in [0, 0.1) is 18.3 Å². The summed E-state index contributed by atoms with van der Waals surface area (Å²) >= 11 is 2.68. The zero-order valence-corrected chi connectivity index (χ0v) is 13.0. The molecule has 0 saturated carbocycles. The molecule has 8 heteroatoms. The molecule has 21 heavy (non-hydrogen) atoms. The van der Waals surface area contributed by atoms with Gasteiger partial charge in [0.2, 0.25) is 11.7 Å². The van der Waals surface area contributed by atoms with Crippen LogP contribution in [-0.4, -0.2) is 27.0 Å². The lowest BCUT2D eigenvalue weighted by atomic mass is 10.2. The van der Waals surface area contributed by atoms with Gasteiger partial charge in [-0.05, 0) is 24.6 Å². The molecule has 0 fully saturated rings. The Bertz CT molecular complexity index is 719. The summed E-state index contributed by atoms with van der Waals surface area (Å²) < 4.78 is 0. The van der Waals surface area contributed by atoms with E-state index in [1.807, 2.05) is 12.3 Å². The molecular weight excluding hydrogens is 306 g/mol. The molecule has 0 amide bonds. The number of nitriles is 1. The Balaban J connectivity index is 2.20. The number of carbonyl (C=O) groups is 1. The normalized spacial score (nSPS) is 11.0. The van der Waals surface area contributed by atoms with E-state index in [0.29, 0.717) is 21.8 Å². The third-order valence-corrected chi connectivity index (χ3v) is 3.78. The van der Waals surface area contributed by atoms with Gasteiger partial charge in [0.05, 0.1) is 4.88 Å². The first-order valence-electron chi connectivity index (χ1n) is 5.85. The van der Waals surface area contributed by atoms with E-state index in [1.165, 1.54) is 29.3 Å². The molecule has 106 valence electrons. The minimum absolute atomic E-state index is 0.00113. The number of thioether (sulfide) groups is 1. The summed E-state index contributed by atoms with van der Waals surface area (Å²) in [5.74, 6) is 0.544. The second kappa shape index (κ2) is 6.97. The predicted molar refractivity (Wildman–Crippen MR) is 82.3 cm³/mol. The number of aromatic nitrogens is 3. The molecule has 2 rings (SSSR count). The highest BCUT2D eigenvalue weighted by Gasteiger charge is 2.13. The molecule has 0 aliphatic carbocycles. The number of allylic oxidation sites excluding steroid dienone is 1. The minimum atomic E-state index is -0.323. The van der Waals surface area contributed by atoms with E-state index < -0.39 is 0 Å². The number of rotatable bonds is 5. The summed E-state index contributed by atoms with van der Waals surface area (Å²) in [6.07, 6.45) is 3.18. The van der Waals surface area contributed by atoms with Gasteiger partial charge in [-0.3, -0.25) is 4.79 Å². The second-order valence-corrected chi connectivity index (χ2v) is 5.53. The van der Waals surface area contributed by atoms with Crippen molar-refractivity contribution in [2.45, 2.75) is 12.1 Å². The highest BCUT2D eigenvalue weighted by atomic mass is 32.2. The molecule has 0 unspecified atom stereocenters. The molecule has 6 nitrogen and oxygen atoms in total. The summed E-state index contributed by atoms with van der Waals surface area (Å²) in [7, 11) is 0. The summed E-state index contributed by atoms with van der Waals surface area (Å²) in [4.78, 5) is 25.0. The van der Waals surface area contributed by atoms with Crippen LogP contribution in [0.1, 0.15) is 15.5 Å². The second-order valence-electron chi connectivity index (χ2n) is 3.81. The van der Waals surface area contributed by atoms with Gasteiger partial charge in [-0.1, -0.05) is 17.8 Å². The maximum absolute atomic E-state index is 12.1. The van der Waals surface area contributed by atoms with Crippen molar-refractivity contribution in [2.24, 2.45) is 0 Å². The molecule has 1 N–H and O–H groups in total. The Hall–Kier alpha value is -2.24. The fourth-order valence-electron chi connectivity index (χ4n) is 1.44. The first-order chi connectivity index (χ1) is 10.1. The van der Waals surface area contributed by atoms with E-state index in [0.717, 1.165) is 0 Å². The molecule has 0 aromatic carbocycles. The van der Waals surface area contributed by atoms with E-state index >= 15 is 0 Å². The third kappa shape index (κ3) is 3.87. The third-order valence-electron chi connectivity index (χ3n) is 2.36. The molecule has 0 atom stereocenters. The van der Waals surface area contributed by atoms with Crippen LogP contribution in [0.2, 0.25) is 0 Å². The highest BCUT2D eigenvalue weighted by Crippen LogP contribution is 2.15. The zero-order chi connectivity index (χ0) is 15.2. The number of aryl methyl sites for hydroxylation is 1. The van der Waals surface area contributed by atoms with Gasteiger partial charge < -0.3 is 5.32 Å². The predicted octanol–water partition coefficient (Wildman–Crippen LogP) is 2.67. The van der Waals surface area contributed by atoms with Gasteiger partial charge in [-0.2, -0.15) is 15.2 Å². The molecule has 0 aliphatic heterocycles. The number of hydrogen-bond acceptors (Lipinski definition) is 8. The minimum Gasteiger partial charge on any atom is -0.329 e. The largest absolute Gasteiger partial charge is 0.329 e. The number of Topliss-reactive ketones (excluding diaryl/α,β-unsaturated/α-hetero) is 1. The maximum Gasteiger partial charge on any atom is 0.231 e. The number of carbonyl (C=O) groups excluding carboxylic acids is 1. The Kier molecular flexibility index (Phi) is 5.03.